The topological polar surface area (TPSA) is 104 Å². The fraction of sp³-hybridized carbons (Fsp3) is 0.438. The molecular formula is C16H19N3O4S. The van der Waals surface area contributed by atoms with Gasteiger partial charge < -0.3 is 15.7 Å². The number of anilines is 1. The highest BCUT2D eigenvalue weighted by atomic mass is 32.2. The van der Waals surface area contributed by atoms with E-state index in [9.17, 15) is 19.5 Å². The van der Waals surface area contributed by atoms with Crippen molar-refractivity contribution < 1.29 is 19.5 Å². The van der Waals surface area contributed by atoms with Crippen LogP contribution in [0.15, 0.2) is 30.3 Å². The Balaban J connectivity index is 1.96. The third kappa shape index (κ3) is 2.37. The summed E-state index contributed by atoms with van der Waals surface area (Å²) in [7, 11) is 0. The second kappa shape index (κ2) is 5.78. The lowest BCUT2D eigenvalue weighted by Gasteiger charge is -2.48. The van der Waals surface area contributed by atoms with Crippen LogP contribution < -0.4 is 10.6 Å². The second-order valence-electron chi connectivity index (χ2n) is 6.35. The van der Waals surface area contributed by atoms with E-state index < -0.39 is 22.8 Å². The van der Waals surface area contributed by atoms with Crippen molar-refractivity contribution in [1.82, 2.24) is 4.90 Å². The highest BCUT2D eigenvalue weighted by molar-refractivity contribution is 8.01. The fourth-order valence-electron chi connectivity index (χ4n) is 3.38. The first-order valence-electron chi connectivity index (χ1n) is 7.59. The van der Waals surface area contributed by atoms with E-state index in [0.717, 1.165) is 0 Å². The van der Waals surface area contributed by atoms with Gasteiger partial charge in [0.25, 0.3) is 5.91 Å². The van der Waals surface area contributed by atoms with E-state index in [1.54, 1.807) is 38.1 Å². The number of β-lactam (4-membered cyclic amide) rings is 1. The van der Waals surface area contributed by atoms with E-state index in [2.05, 4.69) is 0 Å². The van der Waals surface area contributed by atoms with Gasteiger partial charge in [-0.2, -0.15) is 0 Å². The molecule has 2 aliphatic rings. The van der Waals surface area contributed by atoms with Gasteiger partial charge in [-0.15, -0.1) is 11.8 Å². The van der Waals surface area contributed by atoms with Gasteiger partial charge in [0.2, 0.25) is 5.91 Å². The quantitative estimate of drug-likeness (QED) is 0.767. The Kier molecular flexibility index (Phi) is 4.05. The molecule has 2 unspecified atom stereocenters. The molecule has 2 amide bonds. The molecule has 3 N–H and O–H groups in total. The lowest BCUT2D eigenvalue weighted by molar-refractivity contribution is -0.159. The lowest BCUT2D eigenvalue weighted by Crippen LogP contribution is -2.72. The summed E-state index contributed by atoms with van der Waals surface area (Å²) >= 11 is 1.41. The number of carboxylic acid groups (broad SMARTS) is 1. The highest BCUT2D eigenvalue weighted by Gasteiger charge is 2.65. The molecule has 1 aromatic carbocycles. The number of rotatable bonds is 4. The molecule has 2 aliphatic heterocycles. The van der Waals surface area contributed by atoms with Crippen LogP contribution in [0.5, 0.6) is 0 Å². The molecule has 2 heterocycles. The van der Waals surface area contributed by atoms with Crippen LogP contribution in [-0.4, -0.2) is 56.5 Å². The molecule has 0 radical (unpaired) electrons. The summed E-state index contributed by atoms with van der Waals surface area (Å²) in [6, 6.07) is 7.22. The van der Waals surface area contributed by atoms with Gasteiger partial charge in [-0.25, -0.2) is 4.79 Å². The molecule has 3 rings (SSSR count). The van der Waals surface area contributed by atoms with Crippen LogP contribution in [-0.2, 0) is 14.4 Å². The Morgan fingerprint density at radius 2 is 1.96 bits per heavy atom. The van der Waals surface area contributed by atoms with Gasteiger partial charge in [0.15, 0.2) is 0 Å². The van der Waals surface area contributed by atoms with Crippen LogP contribution in [0, 0.1) is 0 Å². The summed E-state index contributed by atoms with van der Waals surface area (Å²) in [5.41, 5.74) is 6.11. The molecule has 128 valence electrons. The van der Waals surface area contributed by atoms with Crippen molar-refractivity contribution >= 4 is 35.2 Å². The molecule has 7 nitrogen and oxygen atoms in total. The number of carbonyl (C=O) groups excluding carboxylic acids is 2. The third-order valence-electron chi connectivity index (χ3n) is 4.40. The van der Waals surface area contributed by atoms with E-state index >= 15 is 0 Å². The number of thioether (sulfide) groups is 1. The van der Waals surface area contributed by atoms with Crippen molar-refractivity contribution in [2.24, 2.45) is 5.73 Å². The predicted molar refractivity (Wildman–Crippen MR) is 90.5 cm³/mol. The van der Waals surface area contributed by atoms with Gasteiger partial charge in [-0.05, 0) is 26.0 Å². The number of hydrogen-bond acceptors (Lipinski definition) is 5. The predicted octanol–water partition coefficient (Wildman–Crippen LogP) is 0.494. The first-order valence-corrected chi connectivity index (χ1v) is 8.47. The smallest absolute Gasteiger partial charge is 0.327 e. The van der Waals surface area contributed by atoms with E-state index in [1.165, 1.54) is 21.6 Å². The normalized spacial score (nSPS) is 27.4. The summed E-state index contributed by atoms with van der Waals surface area (Å²) in [5.74, 6) is -1.74. The number of carboxylic acids is 1. The lowest BCUT2D eigenvalue weighted by atomic mass is 9.95. The van der Waals surface area contributed by atoms with Gasteiger partial charge in [0.05, 0.1) is 6.54 Å². The van der Waals surface area contributed by atoms with Crippen LogP contribution in [0.3, 0.4) is 0 Å². The van der Waals surface area contributed by atoms with Gasteiger partial charge in [-0.3, -0.25) is 14.5 Å². The highest BCUT2D eigenvalue weighted by Crippen LogP contribution is 2.52. The van der Waals surface area contributed by atoms with Crippen molar-refractivity contribution in [3.63, 3.8) is 0 Å². The minimum absolute atomic E-state index is 0.220. The molecule has 0 saturated carbocycles. The van der Waals surface area contributed by atoms with Gasteiger partial charge in [-0.1, -0.05) is 18.2 Å². The van der Waals surface area contributed by atoms with Gasteiger partial charge >= 0.3 is 5.97 Å². The first kappa shape index (κ1) is 16.8. The molecule has 0 spiro atoms. The third-order valence-corrected chi connectivity index (χ3v) is 5.96. The summed E-state index contributed by atoms with van der Waals surface area (Å²) in [5, 5.41) is 9.09. The first-order chi connectivity index (χ1) is 11.3. The summed E-state index contributed by atoms with van der Waals surface area (Å²) < 4.78 is -0.630. The zero-order chi connectivity index (χ0) is 17.6. The fourth-order valence-corrected chi connectivity index (χ4v) is 5.05. The second-order valence-corrected chi connectivity index (χ2v) is 8.12. The molecule has 0 aromatic heterocycles. The van der Waals surface area contributed by atoms with Crippen LogP contribution in [0.2, 0.25) is 0 Å². The SMILES string of the molecule is CC1(C)S[C@H]2C(N(C(=O)CN)c3ccccc3)C(=O)N2C1C(=O)O. The number of aliphatic carboxylic acids is 1. The zero-order valence-electron chi connectivity index (χ0n) is 13.4. The Bertz CT molecular complexity index is 694. The van der Waals surface area contributed by atoms with Crippen LogP contribution in [0.25, 0.3) is 0 Å². The molecule has 2 saturated heterocycles. The number of amides is 2. The minimum atomic E-state index is -1.03. The molecule has 0 bridgehead atoms. The molecule has 1 aromatic rings. The maximum Gasteiger partial charge on any atom is 0.327 e. The Morgan fingerprint density at radius 1 is 1.33 bits per heavy atom. The standard InChI is InChI=1S/C16H19N3O4S/c1-16(2)12(15(22)23)19-13(21)11(14(19)24-16)18(10(20)8-17)9-6-4-3-5-7-9/h3-7,11-12,14H,8,17H2,1-2H3,(H,22,23)/t11?,12?,14-/m0/s1. The van der Waals surface area contributed by atoms with Gasteiger partial charge in [0.1, 0.15) is 17.5 Å². The maximum atomic E-state index is 12.7. The molecule has 3 atom stereocenters. The summed E-state index contributed by atoms with van der Waals surface area (Å²) in [6.45, 7) is 3.38. The Morgan fingerprint density at radius 3 is 2.50 bits per heavy atom. The average Bonchev–Trinajstić information content (AvgIpc) is 2.80. The zero-order valence-corrected chi connectivity index (χ0v) is 14.2. The largest absolute Gasteiger partial charge is 0.480 e. The number of nitrogens with two attached hydrogens (primary N) is 1. The van der Waals surface area contributed by atoms with E-state index in [-0.39, 0.29) is 23.7 Å². The van der Waals surface area contributed by atoms with Crippen molar-refractivity contribution in [3.8, 4) is 0 Å². The Labute approximate surface area is 143 Å². The summed E-state index contributed by atoms with van der Waals surface area (Å²) in [4.78, 5) is 39.4. The van der Waals surface area contributed by atoms with Crippen molar-refractivity contribution in [1.29, 1.82) is 0 Å². The van der Waals surface area contributed by atoms with Crippen LogP contribution in [0.1, 0.15) is 13.8 Å². The van der Waals surface area contributed by atoms with E-state index in [1.807, 2.05) is 6.07 Å². The van der Waals surface area contributed by atoms with E-state index in [0.29, 0.717) is 5.69 Å². The Hall–Kier alpha value is -2.06. The number of carbonyl (C=O) groups is 3. The molecule has 0 aliphatic carbocycles. The number of nitrogens with zero attached hydrogens (tertiary/aromatic N) is 2. The number of fused-ring (bicyclic) bond motifs is 1. The number of benzene rings is 1. The monoisotopic (exact) mass is 349 g/mol. The van der Waals surface area contributed by atoms with Gasteiger partial charge in [0, 0.05) is 10.4 Å². The van der Waals surface area contributed by atoms with Crippen molar-refractivity contribution in [2.75, 3.05) is 11.4 Å². The van der Waals surface area contributed by atoms with Crippen molar-refractivity contribution in [3.05, 3.63) is 30.3 Å². The van der Waals surface area contributed by atoms with E-state index in [4.69, 9.17) is 5.73 Å². The maximum absolute atomic E-state index is 12.7. The number of hydrogen-bond donors (Lipinski definition) is 2. The van der Waals surface area contributed by atoms with Crippen LogP contribution >= 0.6 is 11.8 Å². The average molecular weight is 349 g/mol. The molecular weight excluding hydrogens is 330 g/mol. The minimum Gasteiger partial charge on any atom is -0.480 e. The molecule has 8 heteroatoms. The molecule has 24 heavy (non-hydrogen) atoms. The number of para-hydroxylation sites is 1. The van der Waals surface area contributed by atoms with Crippen molar-refractivity contribution in [2.45, 2.75) is 36.1 Å². The summed E-state index contributed by atoms with van der Waals surface area (Å²) in [6.07, 6.45) is 0. The van der Waals surface area contributed by atoms with Crippen LogP contribution in [0.4, 0.5) is 5.69 Å². The molecule has 2 fully saturated rings.